The second-order valence-corrected chi connectivity index (χ2v) is 8.96. The SMILES string of the molecule is Cc1cc2nc3cc(C)c(N=Nc4ccc5ccccc5c4O)cc3[n+](-c3ccccc3)c2cc1N.[Cl-]. The van der Waals surface area contributed by atoms with Crippen LogP contribution in [0.4, 0.5) is 17.1 Å². The predicted octanol–water partition coefficient (Wildman–Crippen LogP) is 4.14. The van der Waals surface area contributed by atoms with E-state index in [-0.39, 0.29) is 18.2 Å². The van der Waals surface area contributed by atoms with Crippen LogP contribution < -0.4 is 22.7 Å². The Kier molecular flexibility index (Phi) is 6.19. The number of anilines is 1. The van der Waals surface area contributed by atoms with E-state index in [0.29, 0.717) is 17.1 Å². The molecule has 6 nitrogen and oxygen atoms in total. The zero-order valence-electron chi connectivity index (χ0n) is 20.4. The Hall–Kier alpha value is -4.55. The lowest BCUT2D eigenvalue weighted by atomic mass is 10.1. The van der Waals surface area contributed by atoms with Crippen molar-refractivity contribution in [3.05, 3.63) is 102 Å². The van der Waals surface area contributed by atoms with Crippen molar-refractivity contribution in [1.29, 1.82) is 0 Å². The molecule has 0 radical (unpaired) electrons. The fraction of sp³-hybridized carbons (Fsp3) is 0.0667. The summed E-state index contributed by atoms with van der Waals surface area (Å²) in [5.74, 6) is 0.119. The normalized spacial score (nSPS) is 11.4. The molecule has 0 saturated carbocycles. The second-order valence-electron chi connectivity index (χ2n) is 8.96. The molecule has 0 fully saturated rings. The molecule has 1 heterocycles. The van der Waals surface area contributed by atoms with Gasteiger partial charge in [-0.05, 0) is 48.6 Å². The Morgan fingerprint density at radius 1 is 0.730 bits per heavy atom. The van der Waals surface area contributed by atoms with Crippen LogP contribution >= 0.6 is 0 Å². The van der Waals surface area contributed by atoms with Gasteiger partial charge in [0, 0.05) is 35.3 Å². The third-order valence-corrected chi connectivity index (χ3v) is 6.54. The lowest BCUT2D eigenvalue weighted by molar-refractivity contribution is -0.538. The quantitative estimate of drug-likeness (QED) is 0.164. The molecule has 3 N–H and O–H groups in total. The van der Waals surface area contributed by atoms with Crippen LogP contribution in [-0.2, 0) is 0 Å². The maximum Gasteiger partial charge on any atom is 0.239 e. The number of aromatic nitrogens is 2. The highest BCUT2D eigenvalue weighted by Gasteiger charge is 2.22. The molecule has 0 amide bonds. The molecular formula is C30H24ClN5O. The minimum atomic E-state index is 0. The fourth-order valence-corrected chi connectivity index (χ4v) is 4.56. The van der Waals surface area contributed by atoms with Gasteiger partial charge in [0.15, 0.2) is 5.75 Å². The van der Waals surface area contributed by atoms with Crippen LogP contribution in [-0.4, -0.2) is 10.1 Å². The number of aryl methyl sites for hydroxylation is 2. The Bertz CT molecular complexity index is 1830. The number of halogens is 1. The average molecular weight is 506 g/mol. The zero-order chi connectivity index (χ0) is 24.8. The number of nitrogens with two attached hydrogens (primary N) is 1. The van der Waals surface area contributed by atoms with Crippen molar-refractivity contribution >= 4 is 49.9 Å². The lowest BCUT2D eigenvalue weighted by Crippen LogP contribution is -3.00. The van der Waals surface area contributed by atoms with Gasteiger partial charge in [-0.3, -0.25) is 0 Å². The van der Waals surface area contributed by atoms with Crippen LogP contribution in [0.25, 0.3) is 38.5 Å². The summed E-state index contributed by atoms with van der Waals surface area (Å²) in [5.41, 5.74) is 14.6. The summed E-state index contributed by atoms with van der Waals surface area (Å²) in [4.78, 5) is 4.95. The van der Waals surface area contributed by atoms with Gasteiger partial charge in [-0.1, -0.05) is 48.5 Å². The summed E-state index contributed by atoms with van der Waals surface area (Å²) in [7, 11) is 0. The monoisotopic (exact) mass is 505 g/mol. The first-order valence-electron chi connectivity index (χ1n) is 11.7. The van der Waals surface area contributed by atoms with Gasteiger partial charge in [0.1, 0.15) is 16.7 Å². The number of azo groups is 1. The Morgan fingerprint density at radius 2 is 1.38 bits per heavy atom. The molecule has 0 aliphatic rings. The summed E-state index contributed by atoms with van der Waals surface area (Å²) in [6.07, 6.45) is 0. The maximum atomic E-state index is 10.7. The number of benzene rings is 5. The van der Waals surface area contributed by atoms with Gasteiger partial charge in [-0.25, -0.2) is 4.98 Å². The van der Waals surface area contributed by atoms with Gasteiger partial charge in [-0.2, -0.15) is 0 Å². The molecule has 37 heavy (non-hydrogen) atoms. The number of para-hydroxylation sites is 1. The van der Waals surface area contributed by atoms with E-state index < -0.39 is 0 Å². The van der Waals surface area contributed by atoms with Crippen molar-refractivity contribution in [2.45, 2.75) is 13.8 Å². The van der Waals surface area contributed by atoms with Gasteiger partial charge in [-0.15, -0.1) is 14.8 Å². The summed E-state index contributed by atoms with van der Waals surface area (Å²) in [5, 5.41) is 21.4. The first kappa shape index (κ1) is 24.2. The number of hydrogen-bond donors (Lipinski definition) is 2. The van der Waals surface area contributed by atoms with Crippen LogP contribution in [0.2, 0.25) is 0 Å². The molecule has 6 aromatic rings. The van der Waals surface area contributed by atoms with Gasteiger partial charge >= 0.3 is 0 Å². The van der Waals surface area contributed by atoms with Crippen molar-refractivity contribution in [2.75, 3.05) is 5.73 Å². The fourth-order valence-electron chi connectivity index (χ4n) is 4.56. The van der Waals surface area contributed by atoms with Crippen molar-refractivity contribution in [1.82, 2.24) is 4.98 Å². The molecule has 7 heteroatoms. The van der Waals surface area contributed by atoms with Gasteiger partial charge in [0.25, 0.3) is 0 Å². The van der Waals surface area contributed by atoms with E-state index in [1.54, 1.807) is 6.07 Å². The zero-order valence-corrected chi connectivity index (χ0v) is 21.1. The summed E-state index contributed by atoms with van der Waals surface area (Å²) in [6, 6.07) is 29.5. The number of nitrogen functional groups attached to an aromatic ring is 1. The standard InChI is InChI=1S/C30H23N5O.ClH/c1-18-14-26-28(16-23(18)31)35(21-9-4-3-5-10-21)29-17-25(19(2)15-27(29)32-26)34-33-24-13-12-20-8-6-7-11-22(20)30(24)36;/h3-17H,1-2H3,(H2,31,34,36);1H. The second kappa shape index (κ2) is 9.48. The number of hydrogen-bond acceptors (Lipinski definition) is 5. The van der Waals surface area contributed by atoms with E-state index in [2.05, 4.69) is 26.9 Å². The third kappa shape index (κ3) is 4.21. The summed E-state index contributed by atoms with van der Waals surface area (Å²) >= 11 is 0. The summed E-state index contributed by atoms with van der Waals surface area (Å²) < 4.78 is 2.15. The highest BCUT2D eigenvalue weighted by Crippen LogP contribution is 2.36. The van der Waals surface area contributed by atoms with Crippen LogP contribution in [0.3, 0.4) is 0 Å². The molecule has 0 unspecified atom stereocenters. The molecular weight excluding hydrogens is 482 g/mol. The lowest BCUT2D eigenvalue weighted by Gasteiger charge is -2.09. The highest BCUT2D eigenvalue weighted by atomic mass is 35.5. The average Bonchev–Trinajstić information content (AvgIpc) is 2.89. The van der Waals surface area contributed by atoms with Crippen molar-refractivity contribution in [3.63, 3.8) is 0 Å². The Labute approximate surface area is 220 Å². The molecule has 0 spiro atoms. The van der Waals surface area contributed by atoms with E-state index in [1.807, 2.05) is 86.6 Å². The molecule has 0 aliphatic carbocycles. The van der Waals surface area contributed by atoms with Crippen molar-refractivity contribution in [2.24, 2.45) is 10.2 Å². The minimum Gasteiger partial charge on any atom is -1.00 e. The molecule has 5 aromatic carbocycles. The van der Waals surface area contributed by atoms with Crippen LogP contribution in [0.15, 0.2) is 101 Å². The number of fused-ring (bicyclic) bond motifs is 3. The number of aromatic hydroxyl groups is 1. The Balaban J connectivity index is 0.00000280. The molecule has 0 saturated heterocycles. The van der Waals surface area contributed by atoms with E-state index in [1.165, 1.54) is 0 Å². The number of nitrogens with zero attached hydrogens (tertiary/aromatic N) is 4. The third-order valence-electron chi connectivity index (χ3n) is 6.54. The van der Waals surface area contributed by atoms with Crippen LogP contribution in [0, 0.1) is 13.8 Å². The molecule has 182 valence electrons. The Morgan fingerprint density at radius 3 is 2.16 bits per heavy atom. The first-order chi connectivity index (χ1) is 17.5. The largest absolute Gasteiger partial charge is 1.00 e. The first-order valence-corrected chi connectivity index (χ1v) is 11.7. The maximum absolute atomic E-state index is 10.7. The van der Waals surface area contributed by atoms with E-state index in [0.717, 1.165) is 49.7 Å². The van der Waals surface area contributed by atoms with Gasteiger partial charge in [0.2, 0.25) is 16.7 Å². The highest BCUT2D eigenvalue weighted by molar-refractivity contribution is 5.92. The topological polar surface area (TPSA) is 87.7 Å². The predicted molar refractivity (Wildman–Crippen MR) is 144 cm³/mol. The van der Waals surface area contributed by atoms with E-state index in [9.17, 15) is 5.11 Å². The molecule has 0 aliphatic heterocycles. The number of phenols is 1. The van der Waals surface area contributed by atoms with Crippen LogP contribution in [0.1, 0.15) is 11.1 Å². The van der Waals surface area contributed by atoms with E-state index >= 15 is 0 Å². The molecule has 6 rings (SSSR count). The summed E-state index contributed by atoms with van der Waals surface area (Å²) in [6.45, 7) is 3.98. The van der Waals surface area contributed by atoms with Crippen molar-refractivity contribution < 1.29 is 22.1 Å². The molecule has 1 aromatic heterocycles. The smallest absolute Gasteiger partial charge is 0.239 e. The number of phenolic OH excluding ortho intramolecular Hbond substituents is 1. The minimum absolute atomic E-state index is 0. The van der Waals surface area contributed by atoms with Gasteiger partial charge < -0.3 is 23.2 Å². The van der Waals surface area contributed by atoms with E-state index in [4.69, 9.17) is 10.7 Å². The molecule has 0 atom stereocenters. The number of rotatable bonds is 3. The van der Waals surface area contributed by atoms with Gasteiger partial charge in [0.05, 0.1) is 5.69 Å². The molecule has 0 bridgehead atoms. The van der Waals surface area contributed by atoms with Crippen LogP contribution in [0.5, 0.6) is 5.75 Å². The van der Waals surface area contributed by atoms with Crippen molar-refractivity contribution in [3.8, 4) is 11.4 Å².